The van der Waals surface area contributed by atoms with E-state index >= 15 is 0 Å². The van der Waals surface area contributed by atoms with E-state index in [1.165, 1.54) is 3.57 Å². The van der Waals surface area contributed by atoms with E-state index in [-0.39, 0.29) is 0 Å². The monoisotopic (exact) mass is 339 g/mol. The molecule has 88 valence electrons. The zero-order valence-electron chi connectivity index (χ0n) is 9.31. The molecule has 0 aliphatic carbocycles. The minimum atomic E-state index is -0.476. The van der Waals surface area contributed by atoms with E-state index in [1.54, 1.807) is 0 Å². The lowest BCUT2D eigenvalue weighted by Gasteiger charge is -2.13. The summed E-state index contributed by atoms with van der Waals surface area (Å²) in [6.45, 7) is 0.518. The van der Waals surface area contributed by atoms with Crippen molar-refractivity contribution in [1.29, 1.82) is 0 Å². The van der Waals surface area contributed by atoms with Gasteiger partial charge in [-0.1, -0.05) is 30.3 Å². The third kappa shape index (κ3) is 3.71. The van der Waals surface area contributed by atoms with Crippen molar-refractivity contribution in [2.45, 2.75) is 6.10 Å². The largest absolute Gasteiger partial charge is 0.387 e. The first-order valence-electron chi connectivity index (χ1n) is 5.48. The number of hydrogen-bond acceptors (Lipinski definition) is 2. The van der Waals surface area contributed by atoms with Gasteiger partial charge in [0.05, 0.1) is 6.10 Å². The third-order valence-electron chi connectivity index (χ3n) is 2.53. The zero-order valence-corrected chi connectivity index (χ0v) is 11.5. The minimum absolute atomic E-state index is 0.476. The predicted molar refractivity (Wildman–Crippen MR) is 79.1 cm³/mol. The average Bonchev–Trinajstić information content (AvgIpc) is 2.39. The average molecular weight is 339 g/mol. The lowest BCUT2D eigenvalue weighted by Crippen LogP contribution is -2.11. The summed E-state index contributed by atoms with van der Waals surface area (Å²) in [6, 6.07) is 17.8. The molecular formula is C14H14INO. The Labute approximate surface area is 115 Å². The maximum Gasteiger partial charge on any atom is 0.0962 e. The van der Waals surface area contributed by atoms with E-state index < -0.39 is 6.10 Å². The molecule has 2 aromatic rings. The van der Waals surface area contributed by atoms with Crippen LogP contribution in [0.2, 0.25) is 0 Å². The van der Waals surface area contributed by atoms with Gasteiger partial charge in [0.15, 0.2) is 0 Å². The van der Waals surface area contributed by atoms with E-state index in [2.05, 4.69) is 27.9 Å². The highest BCUT2D eigenvalue weighted by Crippen LogP contribution is 2.15. The molecule has 0 amide bonds. The van der Waals surface area contributed by atoms with Crippen molar-refractivity contribution in [3.63, 3.8) is 0 Å². The van der Waals surface area contributed by atoms with Crippen LogP contribution in [0.1, 0.15) is 11.7 Å². The van der Waals surface area contributed by atoms with Crippen LogP contribution in [0.25, 0.3) is 0 Å². The summed E-state index contributed by atoms with van der Waals surface area (Å²) < 4.78 is 1.21. The molecule has 0 saturated carbocycles. The molecule has 1 atom stereocenters. The molecule has 0 radical (unpaired) electrons. The summed E-state index contributed by atoms with van der Waals surface area (Å²) in [5.41, 5.74) is 1.96. The second kappa shape index (κ2) is 6.02. The Bertz CT molecular complexity index is 455. The molecule has 2 N–H and O–H groups in total. The lowest BCUT2D eigenvalue weighted by molar-refractivity contribution is 0.191. The normalized spacial score (nSPS) is 12.1. The number of hydrogen-bond donors (Lipinski definition) is 2. The molecule has 3 heteroatoms. The Kier molecular flexibility index (Phi) is 4.39. The first kappa shape index (κ1) is 12.4. The van der Waals surface area contributed by atoms with Crippen LogP contribution in [0.4, 0.5) is 5.69 Å². The van der Waals surface area contributed by atoms with Gasteiger partial charge in [0, 0.05) is 15.8 Å². The molecule has 17 heavy (non-hydrogen) atoms. The van der Waals surface area contributed by atoms with Gasteiger partial charge in [0.25, 0.3) is 0 Å². The van der Waals surface area contributed by atoms with Crippen LogP contribution in [-0.2, 0) is 0 Å². The van der Waals surface area contributed by atoms with Gasteiger partial charge in [-0.25, -0.2) is 0 Å². The van der Waals surface area contributed by atoms with E-state index in [4.69, 9.17) is 0 Å². The van der Waals surface area contributed by atoms with E-state index in [9.17, 15) is 5.11 Å². The summed E-state index contributed by atoms with van der Waals surface area (Å²) in [7, 11) is 0. The van der Waals surface area contributed by atoms with Crippen molar-refractivity contribution in [3.05, 3.63) is 63.7 Å². The number of nitrogens with one attached hydrogen (secondary N) is 1. The fourth-order valence-corrected chi connectivity index (χ4v) is 1.93. The maximum absolute atomic E-state index is 9.97. The van der Waals surface area contributed by atoms with Gasteiger partial charge < -0.3 is 10.4 Å². The third-order valence-corrected chi connectivity index (χ3v) is 3.25. The van der Waals surface area contributed by atoms with Gasteiger partial charge >= 0.3 is 0 Å². The highest BCUT2D eigenvalue weighted by molar-refractivity contribution is 14.1. The highest BCUT2D eigenvalue weighted by atomic mass is 127. The van der Waals surface area contributed by atoms with Crippen LogP contribution < -0.4 is 5.32 Å². The topological polar surface area (TPSA) is 32.3 Å². The Hall–Kier alpha value is -1.07. The Morgan fingerprint density at radius 3 is 2.29 bits per heavy atom. The first-order valence-corrected chi connectivity index (χ1v) is 6.56. The molecule has 0 fully saturated rings. The molecule has 0 saturated heterocycles. The summed E-state index contributed by atoms with van der Waals surface area (Å²) in [6.07, 6.45) is -0.476. The fourth-order valence-electron chi connectivity index (χ4n) is 1.58. The maximum atomic E-state index is 9.97. The molecule has 0 aliphatic heterocycles. The predicted octanol–water partition coefficient (Wildman–Crippen LogP) is 3.44. The fraction of sp³-hybridized carbons (Fsp3) is 0.143. The number of aliphatic hydroxyl groups is 1. The van der Waals surface area contributed by atoms with Crippen molar-refractivity contribution < 1.29 is 5.11 Å². The molecule has 1 unspecified atom stereocenters. The second-order valence-corrected chi connectivity index (χ2v) is 5.06. The number of benzene rings is 2. The molecule has 2 rings (SSSR count). The molecule has 0 aromatic heterocycles. The Morgan fingerprint density at radius 1 is 1.00 bits per heavy atom. The SMILES string of the molecule is OC(CNc1ccc(I)cc1)c1ccccc1. The number of anilines is 1. The van der Waals surface area contributed by atoms with E-state index in [1.807, 2.05) is 54.6 Å². The van der Waals surface area contributed by atoms with Crippen LogP contribution in [0.3, 0.4) is 0 Å². The molecule has 0 bridgehead atoms. The summed E-state index contributed by atoms with van der Waals surface area (Å²) in [5.74, 6) is 0. The van der Waals surface area contributed by atoms with Crippen LogP contribution in [-0.4, -0.2) is 11.7 Å². The van der Waals surface area contributed by atoms with Gasteiger partial charge in [-0.2, -0.15) is 0 Å². The van der Waals surface area contributed by atoms with Crippen molar-refractivity contribution in [3.8, 4) is 0 Å². The minimum Gasteiger partial charge on any atom is -0.387 e. The van der Waals surface area contributed by atoms with Crippen molar-refractivity contribution in [2.24, 2.45) is 0 Å². The first-order chi connectivity index (χ1) is 8.25. The molecule has 0 aliphatic rings. The highest BCUT2D eigenvalue weighted by Gasteiger charge is 2.05. The van der Waals surface area contributed by atoms with Crippen LogP contribution in [0.5, 0.6) is 0 Å². The van der Waals surface area contributed by atoms with E-state index in [0.29, 0.717) is 6.54 Å². The Morgan fingerprint density at radius 2 is 1.65 bits per heavy atom. The number of halogens is 1. The van der Waals surface area contributed by atoms with E-state index in [0.717, 1.165) is 11.3 Å². The van der Waals surface area contributed by atoms with Gasteiger partial charge in [-0.3, -0.25) is 0 Å². The molecule has 0 spiro atoms. The molecule has 0 heterocycles. The molecular weight excluding hydrogens is 325 g/mol. The van der Waals surface area contributed by atoms with Crippen LogP contribution in [0, 0.1) is 3.57 Å². The van der Waals surface area contributed by atoms with Gasteiger partial charge in [-0.05, 0) is 52.4 Å². The van der Waals surface area contributed by atoms with Gasteiger partial charge in [0.1, 0.15) is 0 Å². The quantitative estimate of drug-likeness (QED) is 0.837. The van der Waals surface area contributed by atoms with Crippen molar-refractivity contribution in [1.82, 2.24) is 0 Å². The Balaban J connectivity index is 1.92. The lowest BCUT2D eigenvalue weighted by atomic mass is 10.1. The van der Waals surface area contributed by atoms with Crippen molar-refractivity contribution >= 4 is 28.3 Å². The molecule has 2 nitrogen and oxygen atoms in total. The number of aliphatic hydroxyl groups excluding tert-OH is 1. The van der Waals surface area contributed by atoms with Crippen molar-refractivity contribution in [2.75, 3.05) is 11.9 Å². The zero-order chi connectivity index (χ0) is 12.1. The summed E-state index contributed by atoms with van der Waals surface area (Å²) in [4.78, 5) is 0. The standard InChI is InChI=1S/C14H14INO/c15-12-6-8-13(9-7-12)16-10-14(17)11-4-2-1-3-5-11/h1-9,14,16-17H,10H2. The van der Waals surface area contributed by atoms with Crippen LogP contribution >= 0.6 is 22.6 Å². The summed E-state index contributed by atoms with van der Waals surface area (Å²) in [5, 5.41) is 13.2. The molecule has 2 aromatic carbocycles. The van der Waals surface area contributed by atoms with Crippen LogP contribution in [0.15, 0.2) is 54.6 Å². The van der Waals surface area contributed by atoms with Gasteiger partial charge in [0.2, 0.25) is 0 Å². The van der Waals surface area contributed by atoms with Gasteiger partial charge in [-0.15, -0.1) is 0 Å². The smallest absolute Gasteiger partial charge is 0.0962 e. The summed E-state index contributed by atoms with van der Waals surface area (Å²) >= 11 is 2.27. The number of rotatable bonds is 4. The second-order valence-electron chi connectivity index (χ2n) is 3.81.